The van der Waals surface area contributed by atoms with Crippen molar-refractivity contribution in [2.24, 2.45) is 0 Å². The number of hydrogen-bond acceptors (Lipinski definition) is 5. The largest absolute Gasteiger partial charge is 0.523 e. The summed E-state index contributed by atoms with van der Waals surface area (Å²) in [6.45, 7) is 0.422. The molecule has 1 rings (SSSR count). The number of ether oxygens (including phenoxy) is 2. The Balaban J connectivity index is 2.60. The summed E-state index contributed by atoms with van der Waals surface area (Å²) in [5.74, 6) is -1.07. The molecule has 1 aliphatic heterocycles. The van der Waals surface area contributed by atoms with E-state index >= 15 is 0 Å². The van der Waals surface area contributed by atoms with Crippen molar-refractivity contribution in [3.05, 3.63) is 0 Å². The molecule has 108 valence electrons. The minimum absolute atomic E-state index is 0.618. The summed E-state index contributed by atoms with van der Waals surface area (Å²) in [5, 5.41) is 0. The molecule has 0 amide bonds. The van der Waals surface area contributed by atoms with Gasteiger partial charge in [0.25, 0.3) is 0 Å². The molecular formula is C8H12F4O5S. The Morgan fingerprint density at radius 1 is 1.22 bits per heavy atom. The summed E-state index contributed by atoms with van der Waals surface area (Å²) in [7, 11) is -5.82. The molecule has 10 heteroatoms. The molecule has 0 radical (unpaired) electrons. The molecule has 0 aromatic carbocycles. The zero-order chi connectivity index (χ0) is 14.2. The van der Waals surface area contributed by atoms with Crippen LogP contribution in [0.2, 0.25) is 0 Å². The monoisotopic (exact) mass is 296 g/mol. The van der Waals surface area contributed by atoms with E-state index in [0.717, 1.165) is 0 Å². The zero-order valence-corrected chi connectivity index (χ0v) is 10.4. The Kier molecular flexibility index (Phi) is 3.97. The van der Waals surface area contributed by atoms with Gasteiger partial charge in [-0.25, -0.2) is 4.39 Å². The van der Waals surface area contributed by atoms with E-state index in [1.165, 1.54) is 13.8 Å². The smallest absolute Gasteiger partial charge is 0.347 e. The van der Waals surface area contributed by atoms with Gasteiger partial charge in [0.05, 0.1) is 13.2 Å². The molecule has 18 heavy (non-hydrogen) atoms. The third-order valence-corrected chi connectivity index (χ3v) is 3.11. The first-order valence-electron chi connectivity index (χ1n) is 4.79. The molecule has 0 N–H and O–H groups in total. The highest BCUT2D eigenvalue weighted by atomic mass is 32.2. The maximum atomic E-state index is 13.8. The number of alkyl halides is 4. The van der Waals surface area contributed by atoms with E-state index < -0.39 is 46.9 Å². The predicted octanol–water partition coefficient (Wildman–Crippen LogP) is 1.34. The second-order valence-corrected chi connectivity index (χ2v) is 5.90. The fraction of sp³-hybridized carbons (Fsp3) is 1.00. The average Bonchev–Trinajstić information content (AvgIpc) is 2.19. The van der Waals surface area contributed by atoms with Crippen LogP contribution in [-0.2, 0) is 23.8 Å². The molecule has 1 aliphatic rings. The van der Waals surface area contributed by atoms with Crippen LogP contribution in [-0.4, -0.2) is 45.2 Å². The molecule has 0 unspecified atom stereocenters. The van der Waals surface area contributed by atoms with E-state index in [0.29, 0.717) is 0 Å². The number of rotatable bonds is 3. The summed E-state index contributed by atoms with van der Waals surface area (Å²) in [6.07, 6.45) is 0. The summed E-state index contributed by atoms with van der Waals surface area (Å²) in [5.41, 5.74) is -8.02. The van der Waals surface area contributed by atoms with Gasteiger partial charge in [-0.2, -0.15) is 21.6 Å². The molecular weight excluding hydrogens is 284 g/mol. The van der Waals surface area contributed by atoms with Gasteiger partial charge in [0.2, 0.25) is 0 Å². The highest BCUT2D eigenvalue weighted by Crippen LogP contribution is 2.30. The van der Waals surface area contributed by atoms with Gasteiger partial charge in [-0.05, 0) is 13.8 Å². The van der Waals surface area contributed by atoms with Gasteiger partial charge in [-0.3, -0.25) is 4.18 Å². The summed E-state index contributed by atoms with van der Waals surface area (Å²) in [4.78, 5) is 0. The Bertz CT molecular complexity index is 392. The molecule has 0 saturated carbocycles. The Labute approximate surface area is 101 Å². The Morgan fingerprint density at radius 3 is 2.06 bits per heavy atom. The minimum atomic E-state index is -5.82. The molecule has 0 atom stereocenters. The van der Waals surface area contributed by atoms with Crippen molar-refractivity contribution in [1.29, 1.82) is 0 Å². The highest BCUT2D eigenvalue weighted by Gasteiger charge is 2.50. The van der Waals surface area contributed by atoms with Crippen molar-refractivity contribution < 1.29 is 39.6 Å². The van der Waals surface area contributed by atoms with E-state index in [-0.39, 0.29) is 0 Å². The van der Waals surface area contributed by atoms with Gasteiger partial charge >= 0.3 is 15.6 Å². The van der Waals surface area contributed by atoms with Gasteiger partial charge in [0.1, 0.15) is 6.61 Å². The van der Waals surface area contributed by atoms with Crippen molar-refractivity contribution >= 4 is 10.1 Å². The van der Waals surface area contributed by atoms with Crippen molar-refractivity contribution in [3.8, 4) is 0 Å². The first kappa shape index (κ1) is 15.6. The lowest BCUT2D eigenvalue weighted by Gasteiger charge is -2.38. The van der Waals surface area contributed by atoms with Gasteiger partial charge in [-0.1, -0.05) is 0 Å². The number of halogens is 4. The van der Waals surface area contributed by atoms with Crippen molar-refractivity contribution in [2.75, 3.05) is 19.8 Å². The lowest BCUT2D eigenvalue weighted by Crippen LogP contribution is -2.51. The quantitative estimate of drug-likeness (QED) is 0.447. The Morgan fingerprint density at radius 2 is 1.67 bits per heavy atom. The van der Waals surface area contributed by atoms with E-state index in [4.69, 9.17) is 9.47 Å². The Hall–Kier alpha value is -0.450. The van der Waals surface area contributed by atoms with E-state index in [1.54, 1.807) is 0 Å². The summed E-state index contributed by atoms with van der Waals surface area (Å²) in [6, 6.07) is 0. The maximum Gasteiger partial charge on any atom is 0.523 e. The second kappa shape index (κ2) is 4.58. The molecule has 5 nitrogen and oxygen atoms in total. The van der Waals surface area contributed by atoms with E-state index in [2.05, 4.69) is 4.18 Å². The standard InChI is InChI=1S/C8H12F4O5S/c1-6(2)15-3-7(9,4-16-6)5-17-18(13,14)8(10,11)12/h3-5H2,1-2H3. The van der Waals surface area contributed by atoms with E-state index in [1.807, 2.05) is 0 Å². The third kappa shape index (κ3) is 3.77. The molecule has 0 bridgehead atoms. The minimum Gasteiger partial charge on any atom is -0.347 e. The second-order valence-electron chi connectivity index (χ2n) is 4.29. The van der Waals surface area contributed by atoms with Crippen LogP contribution >= 0.6 is 0 Å². The van der Waals surface area contributed by atoms with Gasteiger partial charge < -0.3 is 9.47 Å². The van der Waals surface area contributed by atoms with Gasteiger partial charge in [0.15, 0.2) is 11.5 Å². The fourth-order valence-electron chi connectivity index (χ4n) is 1.02. The van der Waals surface area contributed by atoms with Gasteiger partial charge in [-0.15, -0.1) is 0 Å². The van der Waals surface area contributed by atoms with Crippen LogP contribution in [0.1, 0.15) is 13.8 Å². The van der Waals surface area contributed by atoms with Crippen molar-refractivity contribution in [3.63, 3.8) is 0 Å². The lowest BCUT2D eigenvalue weighted by molar-refractivity contribution is -0.290. The SMILES string of the molecule is CC1(C)OCC(F)(COS(=O)(=O)C(F)(F)F)CO1. The molecule has 0 aromatic rings. The van der Waals surface area contributed by atoms with E-state index in [9.17, 15) is 26.0 Å². The molecule has 1 saturated heterocycles. The maximum absolute atomic E-state index is 13.8. The topological polar surface area (TPSA) is 61.8 Å². The molecule has 1 heterocycles. The van der Waals surface area contributed by atoms with Crippen LogP contribution in [0, 0.1) is 0 Å². The molecule has 1 fully saturated rings. The zero-order valence-electron chi connectivity index (χ0n) is 9.58. The first-order chi connectivity index (χ1) is 7.87. The van der Waals surface area contributed by atoms with Crippen LogP contribution in [0.4, 0.5) is 17.6 Å². The number of hydrogen-bond donors (Lipinski definition) is 0. The molecule has 0 aromatic heterocycles. The summed E-state index contributed by atoms with van der Waals surface area (Å²) < 4.78 is 84.2. The average molecular weight is 296 g/mol. The third-order valence-electron chi connectivity index (χ3n) is 2.11. The lowest BCUT2D eigenvalue weighted by atomic mass is 10.1. The predicted molar refractivity (Wildman–Crippen MR) is 50.7 cm³/mol. The van der Waals surface area contributed by atoms with Crippen molar-refractivity contribution in [1.82, 2.24) is 0 Å². The van der Waals surface area contributed by atoms with Crippen LogP contribution in [0.5, 0.6) is 0 Å². The molecule has 0 aliphatic carbocycles. The van der Waals surface area contributed by atoms with Crippen LogP contribution in [0.25, 0.3) is 0 Å². The van der Waals surface area contributed by atoms with Crippen molar-refractivity contribution in [2.45, 2.75) is 30.8 Å². The van der Waals surface area contributed by atoms with Crippen LogP contribution < -0.4 is 0 Å². The van der Waals surface area contributed by atoms with Gasteiger partial charge in [0, 0.05) is 0 Å². The molecule has 0 spiro atoms. The first-order valence-corrected chi connectivity index (χ1v) is 6.20. The summed E-state index contributed by atoms with van der Waals surface area (Å²) >= 11 is 0. The highest BCUT2D eigenvalue weighted by molar-refractivity contribution is 7.87. The van der Waals surface area contributed by atoms with Crippen LogP contribution in [0.15, 0.2) is 0 Å². The normalized spacial score (nSPS) is 23.9. The fourth-order valence-corrected chi connectivity index (χ4v) is 1.52. The van der Waals surface area contributed by atoms with Crippen LogP contribution in [0.3, 0.4) is 0 Å².